The summed E-state index contributed by atoms with van der Waals surface area (Å²) in [5, 5.41) is 9.13. The fourth-order valence-electron chi connectivity index (χ4n) is 2.26. The number of carbonyl (C=O) groups is 1. The molecule has 1 fully saturated rings. The molecular formula is C12H18N2O4S2. The van der Waals surface area contributed by atoms with Crippen LogP contribution in [0, 0.1) is 6.92 Å². The molecule has 0 saturated carbocycles. The van der Waals surface area contributed by atoms with E-state index in [4.69, 9.17) is 5.11 Å². The number of rotatable bonds is 5. The molecular weight excluding hydrogens is 300 g/mol. The van der Waals surface area contributed by atoms with E-state index in [2.05, 4.69) is 4.72 Å². The molecule has 2 heterocycles. The molecule has 2 N–H and O–H groups in total. The largest absolute Gasteiger partial charge is 0.480 e. The Hall–Kier alpha value is -0.960. The molecule has 0 aliphatic carbocycles. The van der Waals surface area contributed by atoms with Gasteiger partial charge in [-0.05, 0) is 38.3 Å². The van der Waals surface area contributed by atoms with E-state index in [1.807, 2.05) is 19.1 Å². The van der Waals surface area contributed by atoms with Crippen LogP contribution in [0.1, 0.15) is 29.0 Å². The first-order valence-electron chi connectivity index (χ1n) is 6.45. The van der Waals surface area contributed by atoms with Crippen molar-refractivity contribution in [3.05, 3.63) is 21.9 Å². The van der Waals surface area contributed by atoms with E-state index in [1.165, 1.54) is 11.3 Å². The van der Waals surface area contributed by atoms with Crippen molar-refractivity contribution in [3.63, 3.8) is 0 Å². The second-order valence-corrected chi connectivity index (χ2v) is 7.88. The molecule has 1 aromatic rings. The first kappa shape index (κ1) is 15.4. The van der Waals surface area contributed by atoms with E-state index in [1.54, 1.807) is 0 Å². The van der Waals surface area contributed by atoms with Crippen molar-refractivity contribution in [1.29, 1.82) is 0 Å². The highest BCUT2D eigenvalue weighted by Crippen LogP contribution is 2.21. The quantitative estimate of drug-likeness (QED) is 0.857. The molecule has 20 heavy (non-hydrogen) atoms. The Bertz CT molecular complexity index is 582. The molecule has 0 spiro atoms. The molecule has 1 atom stereocenters. The standard InChI is InChI=1S/C12H18N2O4S2/c1-9-5-6-10(19-9)8-13-20(17,18)14-7-3-2-4-11(14)12(15)16/h5-6,11,13H,2-4,7-8H2,1H3,(H,15,16). The second-order valence-electron chi connectivity index (χ2n) is 4.80. The fourth-order valence-corrected chi connectivity index (χ4v) is 4.59. The van der Waals surface area contributed by atoms with Crippen molar-refractivity contribution in [3.8, 4) is 0 Å². The van der Waals surface area contributed by atoms with Crippen LogP contribution in [-0.2, 0) is 21.5 Å². The van der Waals surface area contributed by atoms with Gasteiger partial charge in [-0.1, -0.05) is 0 Å². The van der Waals surface area contributed by atoms with Crippen molar-refractivity contribution in [1.82, 2.24) is 9.03 Å². The molecule has 1 aromatic heterocycles. The number of aryl methyl sites for hydroxylation is 1. The first-order chi connectivity index (χ1) is 9.40. The Morgan fingerprint density at radius 1 is 1.50 bits per heavy atom. The van der Waals surface area contributed by atoms with Gasteiger partial charge in [0, 0.05) is 22.8 Å². The lowest BCUT2D eigenvalue weighted by molar-refractivity contribution is -0.142. The van der Waals surface area contributed by atoms with Gasteiger partial charge in [-0.15, -0.1) is 11.3 Å². The van der Waals surface area contributed by atoms with E-state index < -0.39 is 22.2 Å². The Morgan fingerprint density at radius 2 is 2.25 bits per heavy atom. The average Bonchev–Trinajstić information content (AvgIpc) is 2.82. The number of carboxylic acids is 1. The zero-order valence-corrected chi connectivity index (χ0v) is 12.8. The van der Waals surface area contributed by atoms with Gasteiger partial charge in [0.1, 0.15) is 6.04 Å². The molecule has 112 valence electrons. The van der Waals surface area contributed by atoms with Crippen molar-refractivity contribution in [2.75, 3.05) is 6.54 Å². The molecule has 0 amide bonds. The van der Waals surface area contributed by atoms with Gasteiger partial charge in [0.15, 0.2) is 0 Å². The number of hydrogen-bond acceptors (Lipinski definition) is 4. The van der Waals surface area contributed by atoms with Crippen LogP contribution in [0.15, 0.2) is 12.1 Å². The summed E-state index contributed by atoms with van der Waals surface area (Å²) >= 11 is 1.52. The first-order valence-corrected chi connectivity index (χ1v) is 8.70. The van der Waals surface area contributed by atoms with Crippen LogP contribution in [0.4, 0.5) is 0 Å². The minimum absolute atomic E-state index is 0.198. The van der Waals surface area contributed by atoms with Gasteiger partial charge < -0.3 is 5.11 Å². The van der Waals surface area contributed by atoms with E-state index in [0.29, 0.717) is 12.8 Å². The van der Waals surface area contributed by atoms with Gasteiger partial charge in [0.25, 0.3) is 10.2 Å². The van der Waals surface area contributed by atoms with Crippen molar-refractivity contribution >= 4 is 27.5 Å². The maximum absolute atomic E-state index is 12.2. The molecule has 0 bridgehead atoms. The van der Waals surface area contributed by atoms with Crippen LogP contribution in [0.3, 0.4) is 0 Å². The summed E-state index contributed by atoms with van der Waals surface area (Å²) in [5.41, 5.74) is 0. The van der Waals surface area contributed by atoms with Gasteiger partial charge in [0.2, 0.25) is 0 Å². The molecule has 2 rings (SSSR count). The SMILES string of the molecule is Cc1ccc(CNS(=O)(=O)N2CCCCC2C(=O)O)s1. The molecule has 1 unspecified atom stereocenters. The smallest absolute Gasteiger partial charge is 0.322 e. The molecule has 6 nitrogen and oxygen atoms in total. The van der Waals surface area contributed by atoms with Crippen molar-refractivity contribution in [2.45, 2.75) is 38.8 Å². The number of nitrogens with one attached hydrogen (secondary N) is 1. The Morgan fingerprint density at radius 3 is 2.85 bits per heavy atom. The highest BCUT2D eigenvalue weighted by Gasteiger charge is 2.36. The third-order valence-corrected chi connectivity index (χ3v) is 5.84. The Kier molecular flexibility index (Phi) is 4.79. The molecule has 1 saturated heterocycles. The fraction of sp³-hybridized carbons (Fsp3) is 0.583. The Balaban J connectivity index is 2.06. The van der Waals surface area contributed by atoms with Gasteiger partial charge >= 0.3 is 5.97 Å². The van der Waals surface area contributed by atoms with Crippen LogP contribution in [-0.4, -0.2) is 36.4 Å². The van der Waals surface area contributed by atoms with E-state index in [-0.39, 0.29) is 13.1 Å². The van der Waals surface area contributed by atoms with Gasteiger partial charge in [0.05, 0.1) is 0 Å². The van der Waals surface area contributed by atoms with E-state index in [0.717, 1.165) is 20.5 Å². The van der Waals surface area contributed by atoms with E-state index in [9.17, 15) is 13.2 Å². The maximum Gasteiger partial charge on any atom is 0.322 e. The number of nitrogens with zero attached hydrogens (tertiary/aromatic N) is 1. The lowest BCUT2D eigenvalue weighted by Gasteiger charge is -2.31. The van der Waals surface area contributed by atoms with Crippen LogP contribution < -0.4 is 4.72 Å². The Labute approximate surface area is 122 Å². The molecule has 1 aliphatic heterocycles. The maximum atomic E-state index is 12.2. The minimum Gasteiger partial charge on any atom is -0.480 e. The van der Waals surface area contributed by atoms with Crippen molar-refractivity contribution < 1.29 is 18.3 Å². The third kappa shape index (κ3) is 3.57. The van der Waals surface area contributed by atoms with Gasteiger partial charge in [-0.3, -0.25) is 4.79 Å². The summed E-state index contributed by atoms with van der Waals surface area (Å²) in [6.45, 7) is 2.41. The highest BCUT2D eigenvalue weighted by atomic mass is 32.2. The van der Waals surface area contributed by atoms with Crippen LogP contribution >= 0.6 is 11.3 Å². The third-order valence-electron chi connectivity index (χ3n) is 3.27. The van der Waals surface area contributed by atoms with Crippen molar-refractivity contribution in [2.24, 2.45) is 0 Å². The number of carboxylic acid groups (broad SMARTS) is 1. The number of hydrogen-bond donors (Lipinski definition) is 2. The summed E-state index contributed by atoms with van der Waals surface area (Å²) in [4.78, 5) is 13.2. The minimum atomic E-state index is -3.76. The van der Waals surface area contributed by atoms with Crippen LogP contribution in [0.2, 0.25) is 0 Å². The molecule has 8 heteroatoms. The lowest BCUT2D eigenvalue weighted by atomic mass is 10.1. The average molecular weight is 318 g/mol. The summed E-state index contributed by atoms with van der Waals surface area (Å²) in [6.07, 6.45) is 1.81. The summed E-state index contributed by atoms with van der Waals surface area (Å²) in [6, 6.07) is 2.84. The van der Waals surface area contributed by atoms with Gasteiger partial charge in [-0.2, -0.15) is 17.4 Å². The topological polar surface area (TPSA) is 86.7 Å². The van der Waals surface area contributed by atoms with E-state index >= 15 is 0 Å². The normalized spacial score (nSPS) is 20.9. The monoisotopic (exact) mass is 318 g/mol. The number of piperidine rings is 1. The predicted octanol–water partition coefficient (Wildman–Crippen LogP) is 1.33. The lowest BCUT2D eigenvalue weighted by Crippen LogP contribution is -2.51. The summed E-state index contributed by atoms with van der Waals surface area (Å²) < 4.78 is 28.0. The zero-order chi connectivity index (χ0) is 14.8. The van der Waals surface area contributed by atoms with Crippen LogP contribution in [0.25, 0.3) is 0 Å². The number of thiophene rings is 1. The zero-order valence-electron chi connectivity index (χ0n) is 11.2. The molecule has 0 aromatic carbocycles. The highest BCUT2D eigenvalue weighted by molar-refractivity contribution is 7.87. The summed E-state index contributed by atoms with van der Waals surface area (Å²) in [5.74, 6) is -1.08. The second kappa shape index (κ2) is 6.21. The van der Waals surface area contributed by atoms with Gasteiger partial charge in [-0.25, -0.2) is 0 Å². The van der Waals surface area contributed by atoms with Crippen LogP contribution in [0.5, 0.6) is 0 Å². The molecule has 1 aliphatic rings. The number of aliphatic carboxylic acids is 1. The molecule has 0 radical (unpaired) electrons. The summed E-state index contributed by atoms with van der Waals surface area (Å²) in [7, 11) is -3.76. The predicted molar refractivity (Wildman–Crippen MR) is 76.8 cm³/mol.